The zero-order valence-electron chi connectivity index (χ0n) is 14.5. The maximum atomic E-state index is 14.5. The van der Waals surface area contributed by atoms with E-state index in [1.54, 1.807) is 12.1 Å². The third-order valence-electron chi connectivity index (χ3n) is 3.56. The first kappa shape index (κ1) is 19.4. The minimum Gasteiger partial charge on any atom is -0.490 e. The molecule has 5 nitrogen and oxygen atoms in total. The van der Waals surface area contributed by atoms with Gasteiger partial charge in [0, 0.05) is 12.1 Å². The van der Waals surface area contributed by atoms with Gasteiger partial charge in [0.1, 0.15) is 5.82 Å². The number of nitrogens with zero attached hydrogens (tertiary/aromatic N) is 1. The average Bonchev–Trinajstić information content (AvgIpc) is 2.61. The van der Waals surface area contributed by atoms with Crippen LogP contribution in [0.5, 0.6) is 5.75 Å². The standard InChI is InChI=1S/C19H21F2N3O2/c1-2-3-4-5-11-26-15-8-6-7-13(17(15)21)12-23-19(25)14-9-10-16(20)24-18(14)22/h3-4,6-10H,2,5,11-12H2,1H3,(H2,22,24)(H,23,25)/b4-3+. The molecule has 1 aromatic heterocycles. The number of carbonyl (C=O) groups excluding carboxylic acids is 1. The summed E-state index contributed by atoms with van der Waals surface area (Å²) in [5, 5.41) is 2.54. The molecule has 0 saturated heterocycles. The molecular formula is C19H21F2N3O2. The molecule has 3 N–H and O–H groups in total. The maximum Gasteiger partial charge on any atom is 0.255 e. The van der Waals surface area contributed by atoms with Gasteiger partial charge in [-0.25, -0.2) is 9.37 Å². The third kappa shape index (κ3) is 5.27. The lowest BCUT2D eigenvalue weighted by Gasteiger charge is -2.11. The van der Waals surface area contributed by atoms with Crippen molar-refractivity contribution in [3.8, 4) is 5.75 Å². The Labute approximate surface area is 150 Å². The van der Waals surface area contributed by atoms with Crippen LogP contribution in [0, 0.1) is 11.8 Å². The van der Waals surface area contributed by atoms with Crippen LogP contribution in [0.4, 0.5) is 14.6 Å². The molecule has 0 radical (unpaired) electrons. The van der Waals surface area contributed by atoms with Crippen molar-refractivity contribution in [1.29, 1.82) is 0 Å². The molecule has 2 aromatic rings. The summed E-state index contributed by atoms with van der Waals surface area (Å²) in [6.07, 6.45) is 5.62. The molecular weight excluding hydrogens is 340 g/mol. The summed E-state index contributed by atoms with van der Waals surface area (Å²) in [6.45, 7) is 2.33. The molecule has 7 heteroatoms. The Bertz CT molecular complexity index is 794. The molecule has 26 heavy (non-hydrogen) atoms. The van der Waals surface area contributed by atoms with Gasteiger partial charge in [-0.3, -0.25) is 4.79 Å². The molecule has 0 spiro atoms. The van der Waals surface area contributed by atoms with E-state index in [1.807, 2.05) is 19.1 Å². The van der Waals surface area contributed by atoms with Crippen molar-refractivity contribution in [3.63, 3.8) is 0 Å². The monoisotopic (exact) mass is 361 g/mol. The lowest BCUT2D eigenvalue weighted by molar-refractivity contribution is 0.0951. The second kappa shape index (κ2) is 9.50. The molecule has 0 fully saturated rings. The van der Waals surface area contributed by atoms with Crippen LogP contribution in [0.15, 0.2) is 42.5 Å². The minimum absolute atomic E-state index is 0.0296. The van der Waals surface area contributed by atoms with E-state index in [0.717, 1.165) is 12.5 Å². The fourth-order valence-corrected chi connectivity index (χ4v) is 2.24. The number of rotatable bonds is 8. The lowest BCUT2D eigenvalue weighted by Crippen LogP contribution is -2.24. The highest BCUT2D eigenvalue weighted by Crippen LogP contribution is 2.21. The molecule has 0 aliphatic heterocycles. The van der Waals surface area contributed by atoms with E-state index in [0.29, 0.717) is 13.0 Å². The number of hydrogen-bond donors (Lipinski definition) is 2. The Morgan fingerprint density at radius 3 is 2.81 bits per heavy atom. The molecule has 0 aliphatic rings. The van der Waals surface area contributed by atoms with Crippen molar-refractivity contribution < 1.29 is 18.3 Å². The van der Waals surface area contributed by atoms with Gasteiger partial charge in [0.2, 0.25) is 5.95 Å². The predicted octanol–water partition coefficient (Wildman–Crippen LogP) is 3.61. The summed E-state index contributed by atoms with van der Waals surface area (Å²) >= 11 is 0. The molecule has 1 heterocycles. The van der Waals surface area contributed by atoms with E-state index in [4.69, 9.17) is 10.5 Å². The van der Waals surface area contributed by atoms with Crippen molar-refractivity contribution in [3.05, 3.63) is 65.4 Å². The summed E-state index contributed by atoms with van der Waals surface area (Å²) in [6, 6.07) is 6.99. The van der Waals surface area contributed by atoms with Gasteiger partial charge in [0.25, 0.3) is 5.91 Å². The predicted molar refractivity (Wildman–Crippen MR) is 95.7 cm³/mol. The summed E-state index contributed by atoms with van der Waals surface area (Å²) in [4.78, 5) is 15.5. The fourth-order valence-electron chi connectivity index (χ4n) is 2.24. The van der Waals surface area contributed by atoms with Gasteiger partial charge >= 0.3 is 0 Å². The quantitative estimate of drug-likeness (QED) is 0.428. The van der Waals surface area contributed by atoms with E-state index in [-0.39, 0.29) is 29.2 Å². The zero-order chi connectivity index (χ0) is 18.9. The molecule has 0 aliphatic carbocycles. The number of hydrogen-bond acceptors (Lipinski definition) is 4. The summed E-state index contributed by atoms with van der Waals surface area (Å²) < 4.78 is 32.8. The van der Waals surface area contributed by atoms with Gasteiger partial charge in [0.15, 0.2) is 11.6 Å². The van der Waals surface area contributed by atoms with Crippen LogP contribution in [0.2, 0.25) is 0 Å². The summed E-state index contributed by atoms with van der Waals surface area (Å²) in [5.74, 6) is -1.96. The van der Waals surface area contributed by atoms with Crippen molar-refractivity contribution in [2.45, 2.75) is 26.3 Å². The van der Waals surface area contributed by atoms with E-state index in [2.05, 4.69) is 10.3 Å². The Hall–Kier alpha value is -2.96. The van der Waals surface area contributed by atoms with Crippen molar-refractivity contribution in [1.82, 2.24) is 10.3 Å². The molecule has 0 unspecified atom stereocenters. The largest absolute Gasteiger partial charge is 0.490 e. The van der Waals surface area contributed by atoms with Crippen LogP contribution < -0.4 is 15.8 Å². The second-order valence-electron chi connectivity index (χ2n) is 5.50. The minimum atomic E-state index is -0.774. The highest BCUT2D eigenvalue weighted by atomic mass is 19.1. The van der Waals surface area contributed by atoms with Crippen LogP contribution in [-0.4, -0.2) is 17.5 Å². The fraction of sp³-hybridized carbons (Fsp3) is 0.263. The van der Waals surface area contributed by atoms with Gasteiger partial charge in [-0.2, -0.15) is 4.39 Å². The summed E-state index contributed by atoms with van der Waals surface area (Å²) in [5.41, 5.74) is 5.82. The van der Waals surface area contributed by atoms with Gasteiger partial charge < -0.3 is 15.8 Å². The molecule has 1 amide bonds. The molecule has 0 bridgehead atoms. The van der Waals surface area contributed by atoms with Crippen molar-refractivity contribution in [2.24, 2.45) is 0 Å². The number of ether oxygens (including phenoxy) is 1. The number of aromatic nitrogens is 1. The third-order valence-corrected chi connectivity index (χ3v) is 3.56. The number of nitrogen functional groups attached to an aromatic ring is 1. The summed E-state index contributed by atoms with van der Waals surface area (Å²) in [7, 11) is 0. The lowest BCUT2D eigenvalue weighted by atomic mass is 10.2. The Morgan fingerprint density at radius 1 is 1.27 bits per heavy atom. The highest BCUT2D eigenvalue weighted by molar-refractivity contribution is 5.98. The van der Waals surface area contributed by atoms with Crippen molar-refractivity contribution in [2.75, 3.05) is 12.3 Å². The average molecular weight is 361 g/mol. The number of halogens is 2. The number of allylic oxidation sites excluding steroid dienone is 1. The topological polar surface area (TPSA) is 77.2 Å². The number of amides is 1. The smallest absolute Gasteiger partial charge is 0.255 e. The zero-order valence-corrected chi connectivity index (χ0v) is 14.5. The maximum absolute atomic E-state index is 14.5. The van der Waals surface area contributed by atoms with Crippen LogP contribution in [0.1, 0.15) is 35.7 Å². The first-order valence-electron chi connectivity index (χ1n) is 8.28. The van der Waals surface area contributed by atoms with Gasteiger partial charge in [-0.05, 0) is 31.0 Å². The van der Waals surface area contributed by atoms with E-state index < -0.39 is 17.7 Å². The van der Waals surface area contributed by atoms with E-state index >= 15 is 0 Å². The number of pyridine rings is 1. The van der Waals surface area contributed by atoms with Crippen molar-refractivity contribution >= 4 is 11.7 Å². The molecule has 0 saturated carbocycles. The number of nitrogens with one attached hydrogen (secondary N) is 1. The second-order valence-corrected chi connectivity index (χ2v) is 5.50. The van der Waals surface area contributed by atoms with Crippen LogP contribution >= 0.6 is 0 Å². The van der Waals surface area contributed by atoms with Crippen LogP contribution in [0.25, 0.3) is 0 Å². The van der Waals surface area contributed by atoms with E-state index in [1.165, 1.54) is 12.1 Å². The van der Waals surface area contributed by atoms with Crippen LogP contribution in [-0.2, 0) is 6.54 Å². The number of carbonyl (C=O) groups is 1. The van der Waals surface area contributed by atoms with Crippen LogP contribution in [0.3, 0.4) is 0 Å². The van der Waals surface area contributed by atoms with Gasteiger partial charge in [-0.1, -0.05) is 31.2 Å². The van der Waals surface area contributed by atoms with Gasteiger partial charge in [-0.15, -0.1) is 0 Å². The molecule has 2 rings (SSSR count). The Morgan fingerprint density at radius 2 is 2.08 bits per heavy atom. The van der Waals surface area contributed by atoms with Gasteiger partial charge in [0.05, 0.1) is 12.2 Å². The number of benzene rings is 1. The molecule has 0 atom stereocenters. The Balaban J connectivity index is 1.97. The first-order chi connectivity index (χ1) is 12.5. The first-order valence-corrected chi connectivity index (χ1v) is 8.28. The molecule has 138 valence electrons. The Kier molecular flexibility index (Phi) is 7.08. The number of anilines is 1. The normalized spacial score (nSPS) is 10.9. The SMILES string of the molecule is CC/C=C/CCOc1cccc(CNC(=O)c2ccc(F)nc2N)c1F. The number of nitrogens with two attached hydrogens (primary N) is 1. The highest BCUT2D eigenvalue weighted by Gasteiger charge is 2.14. The molecule has 1 aromatic carbocycles. The van der Waals surface area contributed by atoms with E-state index in [9.17, 15) is 13.6 Å².